The summed E-state index contributed by atoms with van der Waals surface area (Å²) in [7, 11) is 0. The van der Waals surface area contributed by atoms with E-state index in [1.807, 2.05) is 37.3 Å². The van der Waals surface area contributed by atoms with Crippen LogP contribution >= 0.6 is 0 Å². The summed E-state index contributed by atoms with van der Waals surface area (Å²) in [6.45, 7) is 4.11. The molecule has 0 spiro atoms. The minimum absolute atomic E-state index is 0.0683. The lowest BCUT2D eigenvalue weighted by atomic mass is 9.82. The Morgan fingerprint density at radius 3 is 2.48 bits per heavy atom. The minimum Gasteiger partial charge on any atom is -0.481 e. The predicted octanol–water partition coefficient (Wildman–Crippen LogP) is 5.34. The number of benzene rings is 1. The summed E-state index contributed by atoms with van der Waals surface area (Å²) in [5, 5.41) is 30.9. The number of carboxylic acids is 1. The molecule has 5 heteroatoms. The van der Waals surface area contributed by atoms with Gasteiger partial charge in [0.25, 0.3) is 0 Å². The van der Waals surface area contributed by atoms with Gasteiger partial charge >= 0.3 is 5.97 Å². The molecule has 7 atom stereocenters. The third-order valence-electron chi connectivity index (χ3n) is 8.15. The second kappa shape index (κ2) is 11.6. The highest BCUT2D eigenvalue weighted by Gasteiger charge is 2.43. The van der Waals surface area contributed by atoms with E-state index in [0.29, 0.717) is 25.2 Å². The van der Waals surface area contributed by atoms with E-state index in [9.17, 15) is 24.9 Å². The first-order valence-corrected chi connectivity index (χ1v) is 12.9. The molecule has 2 aliphatic carbocycles. The molecule has 1 aromatic carbocycles. The van der Waals surface area contributed by atoms with E-state index >= 15 is 0 Å². The molecule has 0 radical (unpaired) electrons. The predicted molar refractivity (Wildman–Crippen MR) is 129 cm³/mol. The van der Waals surface area contributed by atoms with Crippen molar-refractivity contribution in [1.29, 1.82) is 0 Å². The molecule has 0 amide bonds. The fourth-order valence-corrected chi connectivity index (χ4v) is 6.00. The van der Waals surface area contributed by atoms with E-state index < -0.39 is 23.6 Å². The van der Waals surface area contributed by atoms with Crippen molar-refractivity contribution in [2.24, 2.45) is 23.7 Å². The van der Waals surface area contributed by atoms with Gasteiger partial charge in [0, 0.05) is 12.3 Å². The molecule has 2 saturated carbocycles. The summed E-state index contributed by atoms with van der Waals surface area (Å²) in [6, 6.07) is 9.35. The Hall–Kier alpha value is -1.72. The van der Waals surface area contributed by atoms with Crippen LogP contribution in [0.3, 0.4) is 0 Å². The molecule has 3 N–H and O–H groups in total. The number of Topliss-reactive ketones (excluding diaryl/α,β-unsaturated/α-hetero) is 1. The van der Waals surface area contributed by atoms with Crippen LogP contribution in [0.15, 0.2) is 30.3 Å². The Balaban J connectivity index is 1.43. The number of rotatable bonds is 14. The first-order chi connectivity index (χ1) is 15.7. The molecular weight excluding hydrogens is 416 g/mol. The van der Waals surface area contributed by atoms with Crippen LogP contribution in [0, 0.1) is 23.7 Å². The number of hydrogen-bond acceptors (Lipinski definition) is 4. The lowest BCUT2D eigenvalue weighted by Gasteiger charge is -2.28. The zero-order valence-electron chi connectivity index (χ0n) is 20.3. The summed E-state index contributed by atoms with van der Waals surface area (Å²) in [4.78, 5) is 24.2. The smallest absolute Gasteiger partial charge is 0.310 e. The largest absolute Gasteiger partial charge is 0.481 e. The monoisotopic (exact) mass is 458 g/mol. The van der Waals surface area contributed by atoms with Crippen LogP contribution in [0.25, 0.3) is 0 Å². The Labute approximate surface area is 198 Å². The molecule has 33 heavy (non-hydrogen) atoms. The van der Waals surface area contributed by atoms with Crippen LogP contribution in [0.5, 0.6) is 0 Å². The molecule has 0 heterocycles. The number of hydrogen-bond donors (Lipinski definition) is 3. The standard InChI is InChI=1S/C28H42O5/c1-3-19-16-21(19)18-28(2,33)15-14-24-23(25(29)17-26(24)30)13-9-5-8-12-22(27(31)32)20-10-6-4-7-11-20/h4,6-7,10-11,19,21-24,26,30,33H,3,5,8-9,12-18H2,1-2H3,(H,31,32)/t19?,21?,22?,23-,24-,26-,28?/m1/s1. The summed E-state index contributed by atoms with van der Waals surface area (Å²) in [5.74, 6) is 0.0412. The van der Waals surface area contributed by atoms with E-state index in [-0.39, 0.29) is 24.0 Å². The van der Waals surface area contributed by atoms with E-state index in [4.69, 9.17) is 0 Å². The van der Waals surface area contributed by atoms with Gasteiger partial charge in [0.05, 0.1) is 17.6 Å². The van der Waals surface area contributed by atoms with Gasteiger partial charge in [-0.3, -0.25) is 9.59 Å². The zero-order valence-corrected chi connectivity index (χ0v) is 20.3. The second-order valence-corrected chi connectivity index (χ2v) is 10.9. The molecule has 3 rings (SSSR count). The molecule has 0 aliphatic heterocycles. The van der Waals surface area contributed by atoms with E-state index in [1.165, 1.54) is 12.8 Å². The second-order valence-electron chi connectivity index (χ2n) is 10.9. The minimum atomic E-state index is -0.793. The average molecular weight is 459 g/mol. The Kier molecular flexibility index (Phi) is 9.11. The van der Waals surface area contributed by atoms with Gasteiger partial charge in [0.2, 0.25) is 0 Å². The Bertz CT molecular complexity index is 774. The van der Waals surface area contributed by atoms with Crippen molar-refractivity contribution in [3.8, 4) is 0 Å². The first-order valence-electron chi connectivity index (χ1n) is 12.9. The number of carbonyl (C=O) groups excluding carboxylic acids is 1. The van der Waals surface area contributed by atoms with Crippen LogP contribution in [-0.4, -0.2) is 38.8 Å². The number of carbonyl (C=O) groups is 2. The van der Waals surface area contributed by atoms with Crippen LogP contribution in [-0.2, 0) is 9.59 Å². The van der Waals surface area contributed by atoms with Crippen LogP contribution in [0.1, 0.15) is 96.0 Å². The average Bonchev–Trinajstić information content (AvgIpc) is 3.45. The number of unbranched alkanes of at least 4 members (excludes halogenated alkanes) is 2. The number of carboxylic acid groups (broad SMARTS) is 1. The van der Waals surface area contributed by atoms with Crippen LogP contribution in [0.4, 0.5) is 0 Å². The molecule has 2 aliphatic rings. The van der Waals surface area contributed by atoms with Gasteiger partial charge in [0.1, 0.15) is 5.78 Å². The van der Waals surface area contributed by atoms with Gasteiger partial charge < -0.3 is 15.3 Å². The lowest BCUT2D eigenvalue weighted by Crippen LogP contribution is -2.29. The van der Waals surface area contributed by atoms with Gasteiger partial charge in [-0.25, -0.2) is 0 Å². The SMILES string of the molecule is CCC1CC1CC(C)(O)CC[C@H]1[C@H](O)CC(=O)[C@@H]1CCCCCC(C(=O)O)c1ccccc1. The quantitative estimate of drug-likeness (QED) is 0.327. The molecule has 4 unspecified atom stereocenters. The van der Waals surface area contributed by atoms with Crippen LogP contribution in [0.2, 0.25) is 0 Å². The van der Waals surface area contributed by atoms with E-state index in [1.54, 1.807) is 0 Å². The molecule has 0 saturated heterocycles. The summed E-state index contributed by atoms with van der Waals surface area (Å²) >= 11 is 0. The van der Waals surface area contributed by atoms with Gasteiger partial charge in [-0.05, 0) is 68.8 Å². The highest BCUT2D eigenvalue weighted by atomic mass is 16.4. The molecular formula is C28H42O5. The maximum Gasteiger partial charge on any atom is 0.310 e. The van der Waals surface area contributed by atoms with Crippen molar-refractivity contribution < 1.29 is 24.9 Å². The fourth-order valence-electron chi connectivity index (χ4n) is 6.00. The van der Waals surface area contributed by atoms with E-state index in [2.05, 4.69) is 6.92 Å². The maximum atomic E-state index is 12.5. The molecule has 0 aromatic heterocycles. The maximum absolute atomic E-state index is 12.5. The van der Waals surface area contributed by atoms with Crippen molar-refractivity contribution >= 4 is 11.8 Å². The number of aliphatic hydroxyl groups excluding tert-OH is 1. The first kappa shape index (κ1) is 25.9. The van der Waals surface area contributed by atoms with Gasteiger partial charge in [-0.2, -0.15) is 0 Å². The third kappa shape index (κ3) is 7.38. The molecule has 1 aromatic rings. The molecule has 184 valence electrons. The number of aliphatic carboxylic acids is 1. The molecule has 0 bridgehead atoms. The van der Waals surface area contributed by atoms with Crippen LogP contribution < -0.4 is 0 Å². The Morgan fingerprint density at radius 2 is 1.85 bits per heavy atom. The normalized spacial score (nSPS) is 29.6. The highest BCUT2D eigenvalue weighted by Crippen LogP contribution is 2.47. The number of aliphatic hydroxyl groups is 2. The molecule has 5 nitrogen and oxygen atoms in total. The van der Waals surface area contributed by atoms with Crippen molar-refractivity contribution in [3.05, 3.63) is 35.9 Å². The Morgan fingerprint density at radius 1 is 1.12 bits per heavy atom. The third-order valence-corrected chi connectivity index (χ3v) is 8.15. The van der Waals surface area contributed by atoms with Crippen molar-refractivity contribution in [1.82, 2.24) is 0 Å². The van der Waals surface area contributed by atoms with E-state index in [0.717, 1.165) is 43.6 Å². The summed E-state index contributed by atoms with van der Waals surface area (Å²) < 4.78 is 0. The fraction of sp³-hybridized carbons (Fsp3) is 0.714. The van der Waals surface area contributed by atoms with Crippen molar-refractivity contribution in [2.75, 3.05) is 0 Å². The summed E-state index contributed by atoms with van der Waals surface area (Å²) in [6.07, 6.45) is 8.02. The van der Waals surface area contributed by atoms with Gasteiger partial charge in [-0.15, -0.1) is 0 Å². The topological polar surface area (TPSA) is 94.8 Å². The van der Waals surface area contributed by atoms with Gasteiger partial charge in [-0.1, -0.05) is 62.9 Å². The van der Waals surface area contributed by atoms with Gasteiger partial charge in [0.15, 0.2) is 0 Å². The highest BCUT2D eigenvalue weighted by molar-refractivity contribution is 5.84. The summed E-state index contributed by atoms with van der Waals surface area (Å²) in [5.41, 5.74) is 0.107. The zero-order chi connectivity index (χ0) is 24.0. The van der Waals surface area contributed by atoms with Crippen molar-refractivity contribution in [3.63, 3.8) is 0 Å². The lowest BCUT2D eigenvalue weighted by molar-refractivity contribution is -0.139. The van der Waals surface area contributed by atoms with Crippen molar-refractivity contribution in [2.45, 2.75) is 102 Å². The number of ketones is 1. The molecule has 2 fully saturated rings.